The number of benzene rings is 2. The molecule has 28 heavy (non-hydrogen) atoms. The lowest BCUT2D eigenvalue weighted by molar-refractivity contribution is -0.268. The highest BCUT2D eigenvalue weighted by atomic mass is 31.2. The first-order chi connectivity index (χ1) is 12.6. The highest BCUT2D eigenvalue weighted by molar-refractivity contribution is 7.55. The molecule has 0 aliphatic heterocycles. The Morgan fingerprint density at radius 2 is 1.18 bits per heavy atom. The normalized spacial score (nSPS) is 14.1. The molecule has 3 nitrogen and oxygen atoms in total. The first-order valence-corrected chi connectivity index (χ1v) is 11.0. The van der Waals surface area contributed by atoms with Crippen LogP contribution < -0.4 is 14.9 Å². The van der Waals surface area contributed by atoms with Gasteiger partial charge in [-0.2, -0.15) is 0 Å². The standard InChI is InChI=1S/C24H35O3P/c1-22(2,3)16-14-19(23(4,5)6)21(20(15-16)24(7,8)9)28(26)27-18-12-10-17(25)11-13-18/h10-15,25-26H,1-9H3/p-1. The van der Waals surface area contributed by atoms with Gasteiger partial charge < -0.3 is 14.5 Å². The van der Waals surface area contributed by atoms with Crippen LogP contribution in [0.4, 0.5) is 0 Å². The van der Waals surface area contributed by atoms with Crippen LogP contribution in [0.3, 0.4) is 0 Å². The van der Waals surface area contributed by atoms with Gasteiger partial charge in [-0.05, 0) is 45.1 Å². The van der Waals surface area contributed by atoms with Crippen molar-refractivity contribution in [1.29, 1.82) is 0 Å². The van der Waals surface area contributed by atoms with E-state index in [1.807, 2.05) is 0 Å². The molecule has 2 aromatic carbocycles. The van der Waals surface area contributed by atoms with E-state index in [-0.39, 0.29) is 22.0 Å². The molecule has 2 rings (SSSR count). The molecule has 0 aliphatic rings. The van der Waals surface area contributed by atoms with E-state index in [9.17, 15) is 10.00 Å². The van der Waals surface area contributed by atoms with Crippen molar-refractivity contribution in [3.63, 3.8) is 0 Å². The Morgan fingerprint density at radius 3 is 1.54 bits per heavy atom. The minimum absolute atomic E-state index is 0.00154. The van der Waals surface area contributed by atoms with Crippen LogP contribution >= 0.6 is 8.38 Å². The quantitative estimate of drug-likeness (QED) is 0.675. The Kier molecular flexibility index (Phi) is 6.24. The lowest BCUT2D eigenvalue weighted by Crippen LogP contribution is -2.32. The van der Waals surface area contributed by atoms with Crippen molar-refractivity contribution in [3.05, 3.63) is 53.1 Å². The smallest absolute Gasteiger partial charge is 0.262 e. The zero-order valence-corrected chi connectivity index (χ0v) is 19.6. The van der Waals surface area contributed by atoms with E-state index >= 15 is 0 Å². The predicted octanol–water partition coefficient (Wildman–Crippen LogP) is 5.66. The van der Waals surface area contributed by atoms with Gasteiger partial charge in [-0.3, -0.25) is 0 Å². The molecule has 154 valence electrons. The van der Waals surface area contributed by atoms with E-state index < -0.39 is 8.38 Å². The summed E-state index contributed by atoms with van der Waals surface area (Å²) in [6.45, 7) is 19.6. The van der Waals surface area contributed by atoms with Crippen molar-refractivity contribution in [1.82, 2.24) is 0 Å². The van der Waals surface area contributed by atoms with E-state index in [1.54, 1.807) is 12.1 Å². The van der Waals surface area contributed by atoms with Gasteiger partial charge >= 0.3 is 0 Å². The molecule has 0 saturated carbocycles. The highest BCUT2D eigenvalue weighted by Crippen LogP contribution is 2.43. The van der Waals surface area contributed by atoms with Gasteiger partial charge in [0.2, 0.25) is 0 Å². The van der Waals surface area contributed by atoms with Crippen LogP contribution in [-0.4, -0.2) is 4.89 Å². The third kappa shape index (κ3) is 5.27. The van der Waals surface area contributed by atoms with E-state index in [4.69, 9.17) is 4.52 Å². The molecule has 4 heteroatoms. The lowest BCUT2D eigenvalue weighted by atomic mass is 9.75. The first-order valence-electron chi connectivity index (χ1n) is 9.74. The van der Waals surface area contributed by atoms with Gasteiger partial charge in [-0.15, -0.1) is 5.75 Å². The molecule has 0 fully saturated rings. The SMILES string of the molecule is CC(C)(C)c1cc(C(C)(C)C)c(P(O)Oc2ccc([O-])cc2)c(C(C)(C)C)c1. The first kappa shape index (κ1) is 22.7. The molecule has 0 spiro atoms. The minimum Gasteiger partial charge on any atom is -0.872 e. The monoisotopic (exact) mass is 401 g/mol. The summed E-state index contributed by atoms with van der Waals surface area (Å²) in [5.74, 6) is 0.433. The molecule has 0 bridgehead atoms. The van der Waals surface area contributed by atoms with Gasteiger partial charge in [0.15, 0.2) is 0 Å². The molecule has 0 aromatic heterocycles. The minimum atomic E-state index is -1.88. The third-order valence-corrected chi connectivity index (χ3v) is 6.05. The summed E-state index contributed by atoms with van der Waals surface area (Å²) >= 11 is 0. The van der Waals surface area contributed by atoms with Crippen molar-refractivity contribution in [3.8, 4) is 11.5 Å². The van der Waals surface area contributed by atoms with E-state index in [2.05, 4.69) is 74.4 Å². The number of hydrogen-bond donors (Lipinski definition) is 1. The summed E-state index contributed by atoms with van der Waals surface area (Å²) in [5, 5.41) is 12.3. The molecule has 0 saturated heterocycles. The maximum absolute atomic E-state index is 11.4. The Bertz CT molecular complexity index is 784. The van der Waals surface area contributed by atoms with Crippen molar-refractivity contribution in [2.24, 2.45) is 0 Å². The van der Waals surface area contributed by atoms with Crippen LogP contribution in [0.25, 0.3) is 0 Å². The molecule has 0 heterocycles. The molecule has 2 aromatic rings. The van der Waals surface area contributed by atoms with E-state index in [0.29, 0.717) is 5.75 Å². The third-order valence-electron chi connectivity index (χ3n) is 4.80. The van der Waals surface area contributed by atoms with Crippen molar-refractivity contribution in [2.75, 3.05) is 0 Å². The largest absolute Gasteiger partial charge is 0.872 e. The molecule has 1 unspecified atom stereocenters. The molecule has 0 amide bonds. The summed E-state index contributed by atoms with van der Waals surface area (Å²) in [6, 6.07) is 10.6. The fourth-order valence-electron chi connectivity index (χ4n) is 3.06. The van der Waals surface area contributed by atoms with Gasteiger partial charge in [-0.25, -0.2) is 0 Å². The average Bonchev–Trinajstić information content (AvgIpc) is 2.53. The Hall–Kier alpha value is -1.57. The molecule has 1 N–H and O–H groups in total. The summed E-state index contributed by atoms with van der Waals surface area (Å²) in [6.07, 6.45) is 0. The Balaban J connectivity index is 2.70. The summed E-state index contributed by atoms with van der Waals surface area (Å²) in [7, 11) is -1.88. The van der Waals surface area contributed by atoms with Gasteiger partial charge in [0.05, 0.1) is 0 Å². The Morgan fingerprint density at radius 1 is 0.750 bits per heavy atom. The molecular weight excluding hydrogens is 367 g/mol. The molecule has 1 atom stereocenters. The summed E-state index contributed by atoms with van der Waals surface area (Å²) in [4.78, 5) is 11.2. The van der Waals surface area contributed by atoms with Crippen LogP contribution in [0.5, 0.6) is 11.5 Å². The molecule has 0 aliphatic carbocycles. The number of hydrogen-bond acceptors (Lipinski definition) is 3. The van der Waals surface area contributed by atoms with Gasteiger partial charge in [0.25, 0.3) is 8.38 Å². The zero-order valence-electron chi connectivity index (χ0n) is 18.7. The van der Waals surface area contributed by atoms with Crippen molar-refractivity contribution < 1.29 is 14.5 Å². The van der Waals surface area contributed by atoms with Gasteiger partial charge in [0.1, 0.15) is 5.75 Å². The van der Waals surface area contributed by atoms with Crippen molar-refractivity contribution in [2.45, 2.75) is 78.6 Å². The average molecular weight is 402 g/mol. The molecule has 0 radical (unpaired) electrons. The zero-order chi connectivity index (χ0) is 21.5. The number of rotatable bonds is 3. The second kappa shape index (κ2) is 7.69. The lowest BCUT2D eigenvalue weighted by Gasteiger charge is -2.34. The van der Waals surface area contributed by atoms with Crippen LogP contribution in [0.1, 0.15) is 79.0 Å². The maximum Gasteiger partial charge on any atom is 0.262 e. The second-order valence-electron chi connectivity index (χ2n) is 10.5. The van der Waals surface area contributed by atoms with Crippen LogP contribution in [0, 0.1) is 0 Å². The topological polar surface area (TPSA) is 52.5 Å². The van der Waals surface area contributed by atoms with Crippen LogP contribution in [-0.2, 0) is 16.2 Å². The van der Waals surface area contributed by atoms with E-state index in [0.717, 1.165) is 16.4 Å². The Labute approximate surface area is 171 Å². The van der Waals surface area contributed by atoms with Gasteiger partial charge in [0, 0.05) is 5.30 Å². The van der Waals surface area contributed by atoms with Crippen LogP contribution in [0.15, 0.2) is 36.4 Å². The predicted molar refractivity (Wildman–Crippen MR) is 118 cm³/mol. The van der Waals surface area contributed by atoms with E-state index in [1.165, 1.54) is 17.7 Å². The highest BCUT2D eigenvalue weighted by Gasteiger charge is 2.33. The summed E-state index contributed by atoms with van der Waals surface area (Å²) in [5.41, 5.74) is 3.18. The summed E-state index contributed by atoms with van der Waals surface area (Å²) < 4.78 is 5.93. The fourth-order valence-corrected chi connectivity index (χ4v) is 4.69. The van der Waals surface area contributed by atoms with Gasteiger partial charge in [-0.1, -0.05) is 86.6 Å². The fraction of sp³-hybridized carbons (Fsp3) is 0.500. The van der Waals surface area contributed by atoms with Crippen molar-refractivity contribution >= 4 is 13.7 Å². The molecular formula is C24H34O3P-. The maximum atomic E-state index is 11.4. The van der Waals surface area contributed by atoms with Crippen LogP contribution in [0.2, 0.25) is 0 Å². The second-order valence-corrected chi connectivity index (χ2v) is 11.7.